The molecule has 0 amide bonds. The Morgan fingerprint density at radius 3 is 1.95 bits per heavy atom. The SMILES string of the molecule is Nc1cc(S(=O)(=O)O)cc2ccc(S(=O)(=O)O)cc12. The largest absolute Gasteiger partial charge is 0.398 e. The van der Waals surface area contributed by atoms with Gasteiger partial charge in [0, 0.05) is 11.1 Å². The Morgan fingerprint density at radius 2 is 1.42 bits per heavy atom. The van der Waals surface area contributed by atoms with Crippen LogP contribution >= 0.6 is 0 Å². The lowest BCUT2D eigenvalue weighted by molar-refractivity contribution is 0.481. The molecule has 0 spiro atoms. The van der Waals surface area contributed by atoms with E-state index in [1.165, 1.54) is 6.07 Å². The first-order valence-electron chi connectivity index (χ1n) is 4.87. The van der Waals surface area contributed by atoms with Crippen molar-refractivity contribution in [2.75, 3.05) is 5.73 Å². The van der Waals surface area contributed by atoms with Gasteiger partial charge in [-0.05, 0) is 29.7 Å². The van der Waals surface area contributed by atoms with Crippen molar-refractivity contribution in [2.24, 2.45) is 0 Å². The van der Waals surface area contributed by atoms with Crippen LogP contribution in [0.1, 0.15) is 0 Å². The standard InChI is InChI=1S/C10H9NO6S2/c11-10-5-8(19(15,16)17)3-6-1-2-7(4-9(6)10)18(12,13)14/h1-5H,11H2,(H,12,13,14)(H,15,16,17). The Hall–Kier alpha value is -1.68. The summed E-state index contributed by atoms with van der Waals surface area (Å²) in [5.41, 5.74) is 5.58. The van der Waals surface area contributed by atoms with E-state index >= 15 is 0 Å². The minimum atomic E-state index is -4.40. The van der Waals surface area contributed by atoms with E-state index in [9.17, 15) is 16.8 Å². The van der Waals surface area contributed by atoms with Gasteiger partial charge in [-0.2, -0.15) is 16.8 Å². The number of hydrogen-bond donors (Lipinski definition) is 3. The highest BCUT2D eigenvalue weighted by Crippen LogP contribution is 2.27. The summed E-state index contributed by atoms with van der Waals surface area (Å²) in [5, 5.41) is 0.572. The zero-order valence-corrected chi connectivity index (χ0v) is 10.9. The molecule has 19 heavy (non-hydrogen) atoms. The van der Waals surface area contributed by atoms with Gasteiger partial charge in [0.15, 0.2) is 0 Å². The van der Waals surface area contributed by atoms with Crippen molar-refractivity contribution in [1.82, 2.24) is 0 Å². The van der Waals surface area contributed by atoms with Crippen LogP contribution in [0.4, 0.5) is 5.69 Å². The summed E-state index contributed by atoms with van der Waals surface area (Å²) in [7, 11) is -8.78. The zero-order valence-electron chi connectivity index (χ0n) is 9.31. The van der Waals surface area contributed by atoms with Crippen molar-refractivity contribution in [1.29, 1.82) is 0 Å². The van der Waals surface area contributed by atoms with E-state index in [0.29, 0.717) is 5.39 Å². The first-order valence-corrected chi connectivity index (χ1v) is 7.75. The van der Waals surface area contributed by atoms with Crippen LogP contribution in [-0.2, 0) is 20.2 Å². The van der Waals surface area contributed by atoms with Crippen LogP contribution in [-0.4, -0.2) is 25.9 Å². The first kappa shape index (κ1) is 13.7. The van der Waals surface area contributed by atoms with Crippen LogP contribution < -0.4 is 5.73 Å². The summed E-state index contributed by atoms with van der Waals surface area (Å²) in [5.74, 6) is 0. The highest BCUT2D eigenvalue weighted by atomic mass is 32.2. The molecule has 0 atom stereocenters. The number of rotatable bonds is 2. The monoisotopic (exact) mass is 303 g/mol. The van der Waals surface area contributed by atoms with Crippen molar-refractivity contribution in [3.63, 3.8) is 0 Å². The molecule has 102 valence electrons. The van der Waals surface area contributed by atoms with Gasteiger partial charge in [0.2, 0.25) is 0 Å². The molecule has 0 aliphatic carbocycles. The molecule has 7 nitrogen and oxygen atoms in total. The molecule has 0 bridgehead atoms. The molecule has 0 aliphatic heterocycles. The van der Waals surface area contributed by atoms with E-state index in [4.69, 9.17) is 14.8 Å². The van der Waals surface area contributed by atoms with Gasteiger partial charge in [-0.3, -0.25) is 9.11 Å². The number of benzene rings is 2. The molecule has 0 fully saturated rings. The fraction of sp³-hybridized carbons (Fsp3) is 0. The zero-order chi connectivity index (χ0) is 14.4. The van der Waals surface area contributed by atoms with Crippen molar-refractivity contribution < 1.29 is 25.9 Å². The quantitative estimate of drug-likeness (QED) is 0.554. The summed E-state index contributed by atoms with van der Waals surface area (Å²) >= 11 is 0. The second kappa shape index (κ2) is 4.17. The molecule has 9 heteroatoms. The highest BCUT2D eigenvalue weighted by Gasteiger charge is 2.15. The summed E-state index contributed by atoms with van der Waals surface area (Å²) in [6.45, 7) is 0. The van der Waals surface area contributed by atoms with Crippen LogP contribution in [0, 0.1) is 0 Å². The van der Waals surface area contributed by atoms with E-state index in [0.717, 1.165) is 24.3 Å². The fourth-order valence-electron chi connectivity index (χ4n) is 1.65. The van der Waals surface area contributed by atoms with Gasteiger partial charge in [-0.15, -0.1) is 0 Å². The normalized spacial score (nSPS) is 12.7. The minimum Gasteiger partial charge on any atom is -0.398 e. The molecule has 0 saturated heterocycles. The average Bonchev–Trinajstić information content (AvgIpc) is 2.26. The maximum Gasteiger partial charge on any atom is 0.294 e. The molecule has 0 aromatic heterocycles. The maximum atomic E-state index is 11.0. The summed E-state index contributed by atoms with van der Waals surface area (Å²) in [6.07, 6.45) is 0. The van der Waals surface area contributed by atoms with E-state index in [2.05, 4.69) is 0 Å². The molecule has 0 unspecified atom stereocenters. The van der Waals surface area contributed by atoms with Crippen LogP contribution in [0.25, 0.3) is 10.8 Å². The summed E-state index contributed by atoms with van der Waals surface area (Å²) in [6, 6.07) is 5.66. The Morgan fingerprint density at radius 1 is 0.842 bits per heavy atom. The van der Waals surface area contributed by atoms with Crippen molar-refractivity contribution in [2.45, 2.75) is 9.79 Å². The maximum absolute atomic E-state index is 11.0. The van der Waals surface area contributed by atoms with E-state index in [1.807, 2.05) is 0 Å². The van der Waals surface area contributed by atoms with Gasteiger partial charge in [0.1, 0.15) is 0 Å². The number of hydrogen-bond acceptors (Lipinski definition) is 5. The third-order valence-electron chi connectivity index (χ3n) is 2.53. The molecular weight excluding hydrogens is 294 g/mol. The van der Waals surface area contributed by atoms with Crippen LogP contribution in [0.5, 0.6) is 0 Å². The fourth-order valence-corrected chi connectivity index (χ4v) is 2.71. The lowest BCUT2D eigenvalue weighted by atomic mass is 10.1. The van der Waals surface area contributed by atoms with Crippen molar-refractivity contribution >= 4 is 36.7 Å². The molecule has 4 N–H and O–H groups in total. The predicted molar refractivity (Wildman–Crippen MR) is 68.0 cm³/mol. The molecule has 2 aromatic rings. The number of nitrogen functional groups attached to an aromatic ring is 1. The lowest BCUT2D eigenvalue weighted by Crippen LogP contribution is -2.01. The summed E-state index contributed by atoms with van der Waals surface area (Å²) in [4.78, 5) is -0.747. The van der Waals surface area contributed by atoms with Crippen LogP contribution in [0.2, 0.25) is 0 Å². The molecule has 0 heterocycles. The van der Waals surface area contributed by atoms with Gasteiger partial charge in [-0.1, -0.05) is 6.07 Å². The van der Waals surface area contributed by atoms with Gasteiger partial charge in [-0.25, -0.2) is 0 Å². The van der Waals surface area contributed by atoms with Gasteiger partial charge in [0.05, 0.1) is 9.79 Å². The number of fused-ring (bicyclic) bond motifs is 1. The number of nitrogens with two attached hydrogens (primary N) is 1. The molecule has 0 saturated carbocycles. The summed E-state index contributed by atoms with van der Waals surface area (Å²) < 4.78 is 61.9. The van der Waals surface area contributed by atoms with Crippen molar-refractivity contribution in [3.05, 3.63) is 30.3 Å². The molecule has 0 aliphatic rings. The molecule has 2 aromatic carbocycles. The smallest absolute Gasteiger partial charge is 0.294 e. The van der Waals surface area contributed by atoms with Gasteiger partial charge in [0.25, 0.3) is 20.2 Å². The Balaban J connectivity index is 2.82. The van der Waals surface area contributed by atoms with Crippen LogP contribution in [0.15, 0.2) is 40.1 Å². The van der Waals surface area contributed by atoms with E-state index in [-0.39, 0.29) is 16.0 Å². The lowest BCUT2D eigenvalue weighted by Gasteiger charge is -2.06. The second-order valence-electron chi connectivity index (χ2n) is 3.85. The molecule has 0 radical (unpaired) electrons. The highest BCUT2D eigenvalue weighted by molar-refractivity contribution is 7.86. The minimum absolute atomic E-state index is 0.0318. The Bertz CT molecular complexity index is 870. The average molecular weight is 303 g/mol. The molecular formula is C10H9NO6S2. The number of anilines is 1. The van der Waals surface area contributed by atoms with Gasteiger partial charge < -0.3 is 5.73 Å². The third kappa shape index (κ3) is 2.68. The Labute approximate surface area is 109 Å². The Kier molecular flexibility index (Phi) is 3.01. The van der Waals surface area contributed by atoms with E-state index in [1.54, 1.807) is 0 Å². The molecule has 2 rings (SSSR count). The van der Waals surface area contributed by atoms with Gasteiger partial charge >= 0.3 is 0 Å². The second-order valence-corrected chi connectivity index (χ2v) is 6.69. The third-order valence-corrected chi connectivity index (χ3v) is 4.21. The topological polar surface area (TPSA) is 135 Å². The predicted octanol–water partition coefficient (Wildman–Crippen LogP) is 0.915. The van der Waals surface area contributed by atoms with E-state index < -0.39 is 25.1 Å². The van der Waals surface area contributed by atoms with Crippen LogP contribution in [0.3, 0.4) is 0 Å². The first-order chi connectivity index (χ1) is 8.59. The van der Waals surface area contributed by atoms with Crippen molar-refractivity contribution in [3.8, 4) is 0 Å².